The first-order valence-electron chi connectivity index (χ1n) is 6.84. The van der Waals surface area contributed by atoms with Crippen molar-refractivity contribution in [1.82, 2.24) is 4.72 Å². The minimum Gasteiger partial charge on any atom is -0.378 e. The van der Waals surface area contributed by atoms with Gasteiger partial charge in [0.1, 0.15) is 6.07 Å². The zero-order valence-corrected chi connectivity index (χ0v) is 13.1. The Hall–Kier alpha value is -1.13. The third-order valence-electron chi connectivity index (χ3n) is 3.40. The molecule has 114 valence electrons. The minimum absolute atomic E-state index is 0.0658. The van der Waals surface area contributed by atoms with Crippen LogP contribution >= 0.6 is 11.6 Å². The third-order valence-corrected chi connectivity index (χ3v) is 5.18. The SMILES string of the molecule is N#Cc1ccc(S(=O)(=O)NCCC2CCCCO2)cc1Cl. The summed E-state index contributed by atoms with van der Waals surface area (Å²) in [6.07, 6.45) is 3.97. The molecule has 1 aliphatic rings. The van der Waals surface area contributed by atoms with E-state index in [4.69, 9.17) is 21.6 Å². The number of benzene rings is 1. The molecule has 1 N–H and O–H groups in total. The quantitative estimate of drug-likeness (QED) is 0.900. The lowest BCUT2D eigenvalue weighted by molar-refractivity contribution is 0.0123. The van der Waals surface area contributed by atoms with Gasteiger partial charge in [-0.3, -0.25) is 0 Å². The Morgan fingerprint density at radius 3 is 2.86 bits per heavy atom. The van der Waals surface area contributed by atoms with Gasteiger partial charge in [0.05, 0.1) is 21.6 Å². The summed E-state index contributed by atoms with van der Waals surface area (Å²) in [5.74, 6) is 0. The maximum Gasteiger partial charge on any atom is 0.240 e. The molecule has 5 nitrogen and oxygen atoms in total. The molecule has 0 spiro atoms. The average molecular weight is 329 g/mol. The first-order chi connectivity index (χ1) is 10.0. The fourth-order valence-corrected chi connectivity index (χ4v) is 3.59. The Morgan fingerprint density at radius 2 is 2.24 bits per heavy atom. The van der Waals surface area contributed by atoms with Crippen LogP contribution in [-0.4, -0.2) is 27.7 Å². The highest BCUT2D eigenvalue weighted by molar-refractivity contribution is 7.89. The van der Waals surface area contributed by atoms with Gasteiger partial charge in [-0.15, -0.1) is 0 Å². The maximum atomic E-state index is 12.1. The summed E-state index contributed by atoms with van der Waals surface area (Å²) in [7, 11) is -3.61. The number of ether oxygens (including phenoxy) is 1. The number of nitrogens with one attached hydrogen (secondary N) is 1. The zero-order chi connectivity index (χ0) is 15.3. The van der Waals surface area contributed by atoms with Crippen molar-refractivity contribution in [3.63, 3.8) is 0 Å². The Kier molecular flexibility index (Phi) is 5.59. The topological polar surface area (TPSA) is 79.2 Å². The van der Waals surface area contributed by atoms with Gasteiger partial charge >= 0.3 is 0 Å². The van der Waals surface area contributed by atoms with E-state index in [9.17, 15) is 8.42 Å². The van der Waals surface area contributed by atoms with Crippen LogP contribution in [0.3, 0.4) is 0 Å². The highest BCUT2D eigenvalue weighted by Gasteiger charge is 2.18. The van der Waals surface area contributed by atoms with Crippen LogP contribution in [-0.2, 0) is 14.8 Å². The number of halogens is 1. The predicted molar refractivity (Wildman–Crippen MR) is 79.6 cm³/mol. The van der Waals surface area contributed by atoms with Crippen molar-refractivity contribution in [3.05, 3.63) is 28.8 Å². The van der Waals surface area contributed by atoms with Crippen molar-refractivity contribution in [2.75, 3.05) is 13.2 Å². The lowest BCUT2D eigenvalue weighted by Gasteiger charge is -2.22. The molecule has 1 fully saturated rings. The smallest absolute Gasteiger partial charge is 0.240 e. The zero-order valence-electron chi connectivity index (χ0n) is 11.5. The van der Waals surface area contributed by atoms with Gasteiger partial charge in [-0.25, -0.2) is 13.1 Å². The van der Waals surface area contributed by atoms with E-state index in [-0.39, 0.29) is 21.6 Å². The van der Waals surface area contributed by atoms with Gasteiger partial charge < -0.3 is 4.74 Å². The number of nitriles is 1. The maximum absolute atomic E-state index is 12.1. The first-order valence-corrected chi connectivity index (χ1v) is 8.70. The number of hydrogen-bond donors (Lipinski definition) is 1. The molecule has 1 aliphatic heterocycles. The van der Waals surface area contributed by atoms with Crippen molar-refractivity contribution in [3.8, 4) is 6.07 Å². The van der Waals surface area contributed by atoms with Gasteiger partial charge in [0.2, 0.25) is 10.0 Å². The van der Waals surface area contributed by atoms with E-state index in [2.05, 4.69) is 4.72 Å². The van der Waals surface area contributed by atoms with Crippen LogP contribution in [0, 0.1) is 11.3 Å². The Morgan fingerprint density at radius 1 is 1.43 bits per heavy atom. The second-order valence-corrected chi connectivity index (χ2v) is 7.10. The molecule has 1 atom stereocenters. The predicted octanol–water partition coefficient (Wildman–Crippen LogP) is 2.45. The van der Waals surface area contributed by atoms with Gasteiger partial charge in [-0.1, -0.05) is 11.6 Å². The molecule has 1 saturated heterocycles. The summed E-state index contributed by atoms with van der Waals surface area (Å²) in [5.41, 5.74) is 0.256. The van der Waals surface area contributed by atoms with E-state index in [0.717, 1.165) is 25.9 Å². The molecule has 1 unspecified atom stereocenters. The lowest BCUT2D eigenvalue weighted by Crippen LogP contribution is -2.29. The summed E-state index contributed by atoms with van der Waals surface area (Å²) >= 11 is 5.86. The number of hydrogen-bond acceptors (Lipinski definition) is 4. The summed E-state index contributed by atoms with van der Waals surface area (Å²) in [5, 5.41) is 8.92. The van der Waals surface area contributed by atoms with Gasteiger partial charge in [0.25, 0.3) is 0 Å². The molecule has 1 aromatic carbocycles. The Balaban J connectivity index is 1.95. The summed E-state index contributed by atoms with van der Waals surface area (Å²) in [6, 6.07) is 5.97. The molecule has 21 heavy (non-hydrogen) atoms. The molecule has 0 radical (unpaired) electrons. The number of sulfonamides is 1. The van der Waals surface area contributed by atoms with E-state index in [1.807, 2.05) is 6.07 Å². The van der Waals surface area contributed by atoms with Crippen LogP contribution in [0.4, 0.5) is 0 Å². The highest BCUT2D eigenvalue weighted by atomic mass is 35.5. The van der Waals surface area contributed by atoms with Crippen molar-refractivity contribution in [2.45, 2.75) is 36.7 Å². The van der Waals surface area contributed by atoms with Crippen LogP contribution in [0.1, 0.15) is 31.2 Å². The molecule has 2 rings (SSSR count). The molecular formula is C14H17ClN2O3S. The summed E-state index contributed by atoms with van der Waals surface area (Å²) in [6.45, 7) is 1.08. The van der Waals surface area contributed by atoms with E-state index in [1.165, 1.54) is 18.2 Å². The Bertz CT molecular complexity index is 634. The normalized spacial score (nSPS) is 19.1. The van der Waals surface area contributed by atoms with E-state index in [1.54, 1.807) is 0 Å². The second kappa shape index (κ2) is 7.23. The largest absolute Gasteiger partial charge is 0.378 e. The van der Waals surface area contributed by atoms with Gasteiger partial charge in [0, 0.05) is 13.2 Å². The fraction of sp³-hybridized carbons (Fsp3) is 0.500. The molecule has 0 aliphatic carbocycles. The summed E-state index contributed by atoms with van der Waals surface area (Å²) in [4.78, 5) is 0.0658. The summed E-state index contributed by atoms with van der Waals surface area (Å²) < 4.78 is 32.4. The molecular weight excluding hydrogens is 312 g/mol. The Labute approximate surface area is 129 Å². The van der Waals surface area contributed by atoms with Crippen LogP contribution in [0.5, 0.6) is 0 Å². The first kappa shape index (κ1) is 16.2. The van der Waals surface area contributed by atoms with Gasteiger partial charge in [0.15, 0.2) is 0 Å². The molecule has 0 amide bonds. The monoisotopic (exact) mass is 328 g/mol. The standard InChI is InChI=1S/C14H17ClN2O3S/c15-14-9-13(5-4-11(14)10-16)21(18,19)17-7-6-12-3-1-2-8-20-12/h4-5,9,12,17H,1-3,6-8H2. The molecule has 0 saturated carbocycles. The third kappa shape index (κ3) is 4.42. The van der Waals surface area contributed by atoms with Crippen LogP contribution in [0.2, 0.25) is 5.02 Å². The van der Waals surface area contributed by atoms with Gasteiger partial charge in [-0.2, -0.15) is 5.26 Å². The average Bonchev–Trinajstić information content (AvgIpc) is 2.48. The van der Waals surface area contributed by atoms with Crippen molar-refractivity contribution >= 4 is 21.6 Å². The molecule has 1 aromatic rings. The van der Waals surface area contributed by atoms with E-state index >= 15 is 0 Å². The van der Waals surface area contributed by atoms with E-state index < -0.39 is 10.0 Å². The fourth-order valence-electron chi connectivity index (χ4n) is 2.23. The molecule has 0 bridgehead atoms. The highest BCUT2D eigenvalue weighted by Crippen LogP contribution is 2.20. The molecule has 0 aromatic heterocycles. The molecule has 7 heteroatoms. The number of nitrogens with zero attached hydrogens (tertiary/aromatic N) is 1. The van der Waals surface area contributed by atoms with Crippen LogP contribution in [0.15, 0.2) is 23.1 Å². The lowest BCUT2D eigenvalue weighted by atomic mass is 10.1. The van der Waals surface area contributed by atoms with Crippen molar-refractivity contribution < 1.29 is 13.2 Å². The van der Waals surface area contributed by atoms with Crippen LogP contribution in [0.25, 0.3) is 0 Å². The van der Waals surface area contributed by atoms with E-state index in [0.29, 0.717) is 13.0 Å². The second-order valence-electron chi connectivity index (χ2n) is 4.93. The van der Waals surface area contributed by atoms with Crippen molar-refractivity contribution in [2.24, 2.45) is 0 Å². The number of rotatable bonds is 5. The van der Waals surface area contributed by atoms with Crippen molar-refractivity contribution in [1.29, 1.82) is 5.26 Å². The van der Waals surface area contributed by atoms with Gasteiger partial charge in [-0.05, 0) is 43.9 Å². The van der Waals surface area contributed by atoms with Crippen LogP contribution < -0.4 is 4.72 Å². The molecule has 1 heterocycles. The minimum atomic E-state index is -3.61.